The van der Waals surface area contributed by atoms with Gasteiger partial charge >= 0.3 is 0 Å². The first-order valence-electron chi connectivity index (χ1n) is 7.78. The highest BCUT2D eigenvalue weighted by molar-refractivity contribution is 14.0. The Kier molecular flexibility index (Phi) is 9.13. The summed E-state index contributed by atoms with van der Waals surface area (Å²) in [5.74, 6) is 2.31. The fourth-order valence-electron chi connectivity index (χ4n) is 2.27. The summed E-state index contributed by atoms with van der Waals surface area (Å²) >= 11 is 6.16. The number of nitrogens with zero attached hydrogens (tertiary/aromatic N) is 3. The van der Waals surface area contributed by atoms with Gasteiger partial charge in [0, 0.05) is 37.6 Å². The Morgan fingerprint density at radius 3 is 2.62 bits per heavy atom. The Bertz CT molecular complexity index is 654. The van der Waals surface area contributed by atoms with E-state index in [4.69, 9.17) is 11.6 Å². The van der Waals surface area contributed by atoms with Gasteiger partial charge in [-0.15, -0.1) is 24.0 Å². The van der Waals surface area contributed by atoms with E-state index in [1.165, 1.54) is 0 Å². The van der Waals surface area contributed by atoms with Gasteiger partial charge in [0.25, 0.3) is 0 Å². The number of hydrogen-bond donors (Lipinski definition) is 2. The number of hydrogen-bond acceptors (Lipinski definition) is 2. The van der Waals surface area contributed by atoms with Gasteiger partial charge in [-0.3, -0.25) is 4.99 Å². The molecule has 0 fully saturated rings. The lowest BCUT2D eigenvalue weighted by Gasteiger charge is -2.14. The van der Waals surface area contributed by atoms with Crippen molar-refractivity contribution in [2.24, 2.45) is 10.9 Å². The summed E-state index contributed by atoms with van der Waals surface area (Å²) in [6, 6.07) is 7.78. The third kappa shape index (κ3) is 6.32. The van der Waals surface area contributed by atoms with Crippen LogP contribution in [-0.4, -0.2) is 22.6 Å². The predicted molar refractivity (Wildman–Crippen MR) is 111 cm³/mol. The van der Waals surface area contributed by atoms with Gasteiger partial charge in [0.05, 0.1) is 6.54 Å². The molecule has 132 valence electrons. The minimum Gasteiger partial charge on any atom is -0.352 e. The van der Waals surface area contributed by atoms with Crippen LogP contribution in [0.25, 0.3) is 0 Å². The second-order valence-electron chi connectivity index (χ2n) is 5.76. The second-order valence-corrected chi connectivity index (χ2v) is 6.17. The summed E-state index contributed by atoms with van der Waals surface area (Å²) in [6.45, 7) is 6.60. The Labute approximate surface area is 165 Å². The van der Waals surface area contributed by atoms with Gasteiger partial charge < -0.3 is 15.2 Å². The van der Waals surface area contributed by atoms with E-state index in [2.05, 4.69) is 39.0 Å². The smallest absolute Gasteiger partial charge is 0.191 e. The van der Waals surface area contributed by atoms with E-state index in [-0.39, 0.29) is 24.0 Å². The Morgan fingerprint density at radius 2 is 1.96 bits per heavy atom. The zero-order valence-corrected chi connectivity index (χ0v) is 17.4. The summed E-state index contributed by atoms with van der Waals surface area (Å²) in [4.78, 5) is 8.64. The number of benzene rings is 1. The van der Waals surface area contributed by atoms with Crippen molar-refractivity contribution in [3.63, 3.8) is 0 Å². The van der Waals surface area contributed by atoms with Gasteiger partial charge in [-0.25, -0.2) is 4.98 Å². The normalized spacial score (nSPS) is 11.3. The van der Waals surface area contributed by atoms with Crippen molar-refractivity contribution in [3.05, 3.63) is 53.1 Å². The average molecular weight is 462 g/mol. The monoisotopic (exact) mass is 461 g/mol. The van der Waals surface area contributed by atoms with E-state index >= 15 is 0 Å². The highest BCUT2D eigenvalue weighted by atomic mass is 127. The largest absolute Gasteiger partial charge is 0.352 e. The first-order valence-corrected chi connectivity index (χ1v) is 8.16. The number of aromatic nitrogens is 2. The predicted octanol–water partition coefficient (Wildman–Crippen LogP) is 3.68. The van der Waals surface area contributed by atoms with E-state index in [9.17, 15) is 0 Å². The minimum absolute atomic E-state index is 0. The number of aliphatic imine (C=N–C) groups is 1. The summed E-state index contributed by atoms with van der Waals surface area (Å²) in [7, 11) is 1.75. The van der Waals surface area contributed by atoms with E-state index < -0.39 is 0 Å². The van der Waals surface area contributed by atoms with Crippen molar-refractivity contribution in [3.8, 4) is 0 Å². The molecule has 2 aromatic rings. The standard InChI is InChI=1S/C17H24ClN5.HI/c1-13(2)12-23-9-8-20-16(23)11-22-17(19-3)21-10-14-6-4-5-7-15(14)18;/h4-9,13H,10-12H2,1-3H3,(H2,19,21,22);1H. The highest BCUT2D eigenvalue weighted by Gasteiger charge is 2.06. The number of nitrogens with one attached hydrogen (secondary N) is 2. The molecule has 0 bridgehead atoms. The molecule has 0 aliphatic heterocycles. The van der Waals surface area contributed by atoms with Crippen LogP contribution in [0.3, 0.4) is 0 Å². The molecule has 0 spiro atoms. The van der Waals surface area contributed by atoms with Gasteiger partial charge in [-0.05, 0) is 17.5 Å². The summed E-state index contributed by atoms with van der Waals surface area (Å²) in [6.07, 6.45) is 3.84. The molecule has 1 aromatic heterocycles. The van der Waals surface area contributed by atoms with Gasteiger partial charge in [0.15, 0.2) is 5.96 Å². The van der Waals surface area contributed by atoms with Crippen LogP contribution in [0.1, 0.15) is 25.2 Å². The van der Waals surface area contributed by atoms with Crippen LogP contribution < -0.4 is 10.6 Å². The maximum atomic E-state index is 6.16. The van der Waals surface area contributed by atoms with Gasteiger partial charge in [-0.2, -0.15) is 0 Å². The molecule has 1 aromatic carbocycles. The van der Waals surface area contributed by atoms with Crippen molar-refractivity contribution in [2.75, 3.05) is 7.05 Å². The molecule has 0 saturated carbocycles. The molecule has 2 N–H and O–H groups in total. The molecule has 7 heteroatoms. The molecular weight excluding hydrogens is 437 g/mol. The average Bonchev–Trinajstić information content (AvgIpc) is 2.95. The number of guanidine groups is 1. The summed E-state index contributed by atoms with van der Waals surface area (Å²) in [5.41, 5.74) is 1.04. The molecule has 2 rings (SSSR count). The SMILES string of the molecule is CN=C(NCc1ccccc1Cl)NCc1nccn1CC(C)C.I. The topological polar surface area (TPSA) is 54.2 Å². The second kappa shape index (κ2) is 10.6. The Hall–Kier alpha value is -1.28. The van der Waals surface area contributed by atoms with Gasteiger partial charge in [-0.1, -0.05) is 43.6 Å². The van der Waals surface area contributed by atoms with Crippen LogP contribution in [0.4, 0.5) is 0 Å². The van der Waals surface area contributed by atoms with E-state index in [1.807, 2.05) is 36.7 Å². The molecule has 0 amide bonds. The van der Waals surface area contributed by atoms with Crippen molar-refractivity contribution in [2.45, 2.75) is 33.5 Å². The zero-order chi connectivity index (χ0) is 16.7. The molecule has 24 heavy (non-hydrogen) atoms. The van der Waals surface area contributed by atoms with Crippen molar-refractivity contribution < 1.29 is 0 Å². The molecule has 0 aliphatic rings. The van der Waals surface area contributed by atoms with E-state index in [0.29, 0.717) is 19.0 Å². The van der Waals surface area contributed by atoms with Crippen LogP contribution in [0.15, 0.2) is 41.7 Å². The first-order chi connectivity index (χ1) is 11.1. The summed E-state index contributed by atoms with van der Waals surface area (Å²) in [5, 5.41) is 7.31. The molecule has 0 aliphatic carbocycles. The zero-order valence-electron chi connectivity index (χ0n) is 14.3. The number of halogens is 2. The molecule has 0 atom stereocenters. The van der Waals surface area contributed by atoms with E-state index in [0.717, 1.165) is 28.9 Å². The molecule has 1 heterocycles. The fraction of sp³-hybridized carbons (Fsp3) is 0.412. The van der Waals surface area contributed by atoms with Crippen LogP contribution in [0, 0.1) is 5.92 Å². The van der Waals surface area contributed by atoms with Crippen molar-refractivity contribution in [1.82, 2.24) is 20.2 Å². The van der Waals surface area contributed by atoms with Crippen LogP contribution in [0.2, 0.25) is 5.02 Å². The first kappa shape index (κ1) is 20.8. The van der Waals surface area contributed by atoms with Crippen LogP contribution >= 0.6 is 35.6 Å². The maximum Gasteiger partial charge on any atom is 0.191 e. The molecule has 5 nitrogen and oxygen atoms in total. The minimum atomic E-state index is 0. The quantitative estimate of drug-likeness (QED) is 0.392. The van der Waals surface area contributed by atoms with Gasteiger partial charge in [0.1, 0.15) is 5.82 Å². The fourth-order valence-corrected chi connectivity index (χ4v) is 2.47. The maximum absolute atomic E-state index is 6.16. The third-order valence-electron chi connectivity index (χ3n) is 3.41. The number of rotatable bonds is 6. The van der Waals surface area contributed by atoms with Gasteiger partial charge in [0.2, 0.25) is 0 Å². The molecular formula is C17H25ClIN5. The van der Waals surface area contributed by atoms with Crippen LogP contribution in [0.5, 0.6) is 0 Å². The van der Waals surface area contributed by atoms with Crippen molar-refractivity contribution in [1.29, 1.82) is 0 Å². The highest BCUT2D eigenvalue weighted by Crippen LogP contribution is 2.14. The molecule has 0 unspecified atom stereocenters. The number of imidazole rings is 1. The van der Waals surface area contributed by atoms with Crippen LogP contribution in [-0.2, 0) is 19.6 Å². The third-order valence-corrected chi connectivity index (χ3v) is 3.77. The Morgan fingerprint density at radius 1 is 1.25 bits per heavy atom. The summed E-state index contributed by atoms with van der Waals surface area (Å²) < 4.78 is 2.17. The lowest BCUT2D eigenvalue weighted by Crippen LogP contribution is -2.37. The Balaban J connectivity index is 0.00000288. The molecule has 0 radical (unpaired) electrons. The lowest BCUT2D eigenvalue weighted by molar-refractivity contribution is 0.503. The van der Waals surface area contributed by atoms with E-state index in [1.54, 1.807) is 7.05 Å². The molecule has 0 saturated heterocycles. The lowest BCUT2D eigenvalue weighted by atomic mass is 10.2. The van der Waals surface area contributed by atoms with Crippen molar-refractivity contribution >= 4 is 41.5 Å².